The molecule has 0 aliphatic heterocycles. The molecule has 0 aliphatic carbocycles. The van der Waals surface area contributed by atoms with Gasteiger partial charge in [-0.1, -0.05) is 17.4 Å². The van der Waals surface area contributed by atoms with Gasteiger partial charge in [-0.2, -0.15) is 5.10 Å². The van der Waals surface area contributed by atoms with Gasteiger partial charge in [-0.25, -0.2) is 9.07 Å². The molecule has 0 saturated carbocycles. The van der Waals surface area contributed by atoms with Crippen molar-refractivity contribution < 1.29 is 9.18 Å². The van der Waals surface area contributed by atoms with Crippen molar-refractivity contribution in [2.75, 3.05) is 5.32 Å². The van der Waals surface area contributed by atoms with Gasteiger partial charge in [0, 0.05) is 30.1 Å². The summed E-state index contributed by atoms with van der Waals surface area (Å²) in [7, 11) is 0. The largest absolute Gasteiger partial charge is 0.311 e. The number of hydrogen-bond donors (Lipinski definition) is 1. The number of anilines is 1. The molecule has 0 aliphatic rings. The van der Waals surface area contributed by atoms with Gasteiger partial charge < -0.3 is 9.88 Å². The minimum atomic E-state index is -0.382. The van der Waals surface area contributed by atoms with Crippen LogP contribution in [-0.4, -0.2) is 20.3 Å². The molecule has 0 saturated heterocycles. The number of thiazole rings is 1. The van der Waals surface area contributed by atoms with E-state index in [-0.39, 0.29) is 23.0 Å². The lowest BCUT2D eigenvalue weighted by Crippen LogP contribution is -2.21. The summed E-state index contributed by atoms with van der Waals surface area (Å²) in [5.41, 5.74) is 1.35. The van der Waals surface area contributed by atoms with Gasteiger partial charge in [0.15, 0.2) is 0 Å². The Hall–Kier alpha value is -2.74. The molecule has 124 valence electrons. The molecular weight excluding hydrogens is 331 g/mol. The quantitative estimate of drug-likeness (QED) is 0.772. The molecule has 0 atom stereocenters. The number of benzene rings is 1. The van der Waals surface area contributed by atoms with Gasteiger partial charge in [-0.05, 0) is 25.1 Å². The second-order valence-corrected chi connectivity index (χ2v) is 6.02. The molecular formula is C16H15FN4O2S. The van der Waals surface area contributed by atoms with Crippen LogP contribution in [0.2, 0.25) is 0 Å². The number of amides is 1. The Kier molecular flexibility index (Phi) is 4.57. The van der Waals surface area contributed by atoms with Crippen LogP contribution in [0.5, 0.6) is 0 Å². The van der Waals surface area contributed by atoms with E-state index in [2.05, 4.69) is 10.4 Å². The van der Waals surface area contributed by atoms with Crippen LogP contribution in [0, 0.1) is 12.7 Å². The Balaban J connectivity index is 1.70. The maximum atomic E-state index is 13.3. The normalized spacial score (nSPS) is 10.8. The van der Waals surface area contributed by atoms with E-state index in [0.717, 1.165) is 17.0 Å². The van der Waals surface area contributed by atoms with Gasteiger partial charge in [0.25, 0.3) is 0 Å². The number of aromatic nitrogens is 3. The lowest BCUT2D eigenvalue weighted by molar-refractivity contribution is -0.116. The van der Waals surface area contributed by atoms with Gasteiger partial charge in [-0.15, -0.1) is 0 Å². The summed E-state index contributed by atoms with van der Waals surface area (Å²) < 4.78 is 16.4. The molecule has 1 aromatic carbocycles. The molecule has 0 bridgehead atoms. The summed E-state index contributed by atoms with van der Waals surface area (Å²) in [5.74, 6) is -0.182. The number of nitrogens with one attached hydrogen (secondary N) is 1. The number of aryl methyl sites for hydroxylation is 1. The lowest BCUT2D eigenvalue weighted by Gasteiger charge is -2.09. The average molecular weight is 346 g/mol. The smallest absolute Gasteiger partial charge is 0.307 e. The molecule has 0 fully saturated rings. The minimum absolute atomic E-state index is 0.0786. The maximum absolute atomic E-state index is 13.3. The third-order valence-corrected chi connectivity index (χ3v) is 4.38. The first-order valence-electron chi connectivity index (χ1n) is 7.29. The number of halogens is 1. The highest BCUT2D eigenvalue weighted by Crippen LogP contribution is 2.16. The van der Waals surface area contributed by atoms with Crippen LogP contribution in [0.4, 0.5) is 10.2 Å². The van der Waals surface area contributed by atoms with E-state index in [4.69, 9.17) is 0 Å². The van der Waals surface area contributed by atoms with E-state index >= 15 is 0 Å². The van der Waals surface area contributed by atoms with Crippen LogP contribution in [-0.2, 0) is 11.3 Å². The first-order valence-corrected chi connectivity index (χ1v) is 8.17. The fourth-order valence-electron chi connectivity index (χ4n) is 2.30. The predicted molar refractivity (Wildman–Crippen MR) is 90.1 cm³/mol. The van der Waals surface area contributed by atoms with Gasteiger partial charge in [0.1, 0.15) is 11.6 Å². The van der Waals surface area contributed by atoms with Crippen LogP contribution in [0.15, 0.2) is 46.7 Å². The van der Waals surface area contributed by atoms with E-state index in [1.165, 1.54) is 23.0 Å². The summed E-state index contributed by atoms with van der Waals surface area (Å²) in [6, 6.07) is 7.57. The van der Waals surface area contributed by atoms with Crippen molar-refractivity contribution >= 4 is 23.1 Å². The zero-order chi connectivity index (χ0) is 17.1. The van der Waals surface area contributed by atoms with Crippen molar-refractivity contribution in [1.82, 2.24) is 14.3 Å². The zero-order valence-electron chi connectivity index (χ0n) is 12.9. The standard InChI is InChI=1S/C16H15FN4O2S/c1-11-10-24-16(23)20(11)8-6-15(22)19-14-5-7-18-21(14)13-4-2-3-12(17)9-13/h2-5,7,9-10H,6,8H2,1H3,(H,19,22). The molecule has 2 heterocycles. The van der Waals surface area contributed by atoms with Crippen LogP contribution >= 0.6 is 11.3 Å². The Morgan fingerprint density at radius 2 is 2.21 bits per heavy atom. The molecule has 1 N–H and O–H groups in total. The molecule has 8 heteroatoms. The Morgan fingerprint density at radius 1 is 1.38 bits per heavy atom. The van der Waals surface area contributed by atoms with Crippen molar-refractivity contribution in [2.24, 2.45) is 0 Å². The van der Waals surface area contributed by atoms with E-state index < -0.39 is 0 Å². The van der Waals surface area contributed by atoms with Crippen molar-refractivity contribution in [2.45, 2.75) is 19.9 Å². The highest BCUT2D eigenvalue weighted by atomic mass is 32.1. The highest BCUT2D eigenvalue weighted by molar-refractivity contribution is 7.07. The molecule has 3 aromatic rings. The third-order valence-electron chi connectivity index (χ3n) is 3.50. The Morgan fingerprint density at radius 3 is 2.92 bits per heavy atom. The summed E-state index contributed by atoms with van der Waals surface area (Å²) in [4.78, 5) is 23.7. The van der Waals surface area contributed by atoms with E-state index in [1.54, 1.807) is 28.1 Å². The number of nitrogens with zero attached hydrogens (tertiary/aromatic N) is 3. The van der Waals surface area contributed by atoms with Crippen LogP contribution < -0.4 is 10.2 Å². The van der Waals surface area contributed by atoms with Crippen molar-refractivity contribution in [3.8, 4) is 5.69 Å². The van der Waals surface area contributed by atoms with Crippen LogP contribution in [0.1, 0.15) is 12.1 Å². The summed E-state index contributed by atoms with van der Waals surface area (Å²) in [5, 5.41) is 8.60. The van der Waals surface area contributed by atoms with Crippen molar-refractivity contribution in [1.29, 1.82) is 0 Å². The molecule has 6 nitrogen and oxygen atoms in total. The maximum Gasteiger partial charge on any atom is 0.307 e. The number of carbonyl (C=O) groups excluding carboxylic acids is 1. The highest BCUT2D eigenvalue weighted by Gasteiger charge is 2.11. The molecule has 0 spiro atoms. The van der Waals surface area contributed by atoms with Crippen LogP contribution in [0.3, 0.4) is 0 Å². The second-order valence-electron chi connectivity index (χ2n) is 5.20. The lowest BCUT2D eigenvalue weighted by atomic mass is 10.3. The number of carbonyl (C=O) groups is 1. The molecule has 24 heavy (non-hydrogen) atoms. The minimum Gasteiger partial charge on any atom is -0.311 e. The summed E-state index contributed by atoms with van der Waals surface area (Å²) >= 11 is 1.12. The summed E-state index contributed by atoms with van der Waals surface area (Å²) in [6.07, 6.45) is 1.68. The SMILES string of the molecule is Cc1csc(=O)n1CCC(=O)Nc1ccnn1-c1cccc(F)c1. The van der Waals surface area contributed by atoms with E-state index in [0.29, 0.717) is 18.1 Å². The molecule has 0 unspecified atom stereocenters. The number of rotatable bonds is 5. The topological polar surface area (TPSA) is 68.9 Å². The van der Waals surface area contributed by atoms with Gasteiger partial charge in [0.05, 0.1) is 11.9 Å². The van der Waals surface area contributed by atoms with E-state index in [1.807, 2.05) is 6.92 Å². The van der Waals surface area contributed by atoms with Crippen molar-refractivity contribution in [3.63, 3.8) is 0 Å². The molecule has 2 aromatic heterocycles. The second kappa shape index (κ2) is 6.79. The Bertz CT molecular complexity index is 928. The van der Waals surface area contributed by atoms with Crippen molar-refractivity contribution in [3.05, 3.63) is 63.1 Å². The van der Waals surface area contributed by atoms with Gasteiger partial charge in [0.2, 0.25) is 5.91 Å². The first kappa shape index (κ1) is 16.1. The molecule has 1 amide bonds. The third kappa shape index (κ3) is 3.43. The average Bonchev–Trinajstić information content (AvgIpc) is 3.13. The summed E-state index contributed by atoms with van der Waals surface area (Å²) in [6.45, 7) is 2.14. The van der Waals surface area contributed by atoms with E-state index in [9.17, 15) is 14.0 Å². The fourth-order valence-corrected chi connectivity index (χ4v) is 3.07. The first-order chi connectivity index (χ1) is 11.5. The zero-order valence-corrected chi connectivity index (χ0v) is 13.7. The van der Waals surface area contributed by atoms with Gasteiger partial charge in [-0.3, -0.25) is 9.59 Å². The molecule has 0 radical (unpaired) electrons. The predicted octanol–water partition coefficient (Wildman–Crippen LogP) is 2.57. The monoisotopic (exact) mass is 346 g/mol. The van der Waals surface area contributed by atoms with Crippen LogP contribution in [0.25, 0.3) is 5.69 Å². The number of hydrogen-bond acceptors (Lipinski definition) is 4. The molecule has 3 rings (SSSR count). The fraction of sp³-hybridized carbons (Fsp3) is 0.188. The Labute approximate surface area is 141 Å². The van der Waals surface area contributed by atoms with Gasteiger partial charge >= 0.3 is 4.87 Å².